The summed E-state index contributed by atoms with van der Waals surface area (Å²) < 4.78 is 16.3. The fourth-order valence-corrected chi connectivity index (χ4v) is 3.98. The molecular weight excluding hydrogens is 515 g/mol. The second kappa shape index (κ2) is 13.8. The van der Waals surface area contributed by atoms with Gasteiger partial charge in [0.05, 0.1) is 19.2 Å². The fourth-order valence-electron chi connectivity index (χ4n) is 3.67. The molecule has 0 aliphatic carbocycles. The molecule has 0 aromatic heterocycles. The normalized spacial score (nSPS) is 11.4. The topological polar surface area (TPSA) is 77.1 Å². The van der Waals surface area contributed by atoms with Crippen LogP contribution in [0.15, 0.2) is 66.7 Å². The third-order valence-corrected chi connectivity index (χ3v) is 6.35. The fraction of sp³-hybridized carbons (Fsp3) is 0.286. The van der Waals surface area contributed by atoms with Crippen molar-refractivity contribution < 1.29 is 23.8 Å². The lowest BCUT2D eigenvalue weighted by Gasteiger charge is -2.29. The van der Waals surface area contributed by atoms with Crippen LogP contribution in [-0.4, -0.2) is 50.1 Å². The molecule has 3 aromatic carbocycles. The number of nitrogens with one attached hydrogen (secondary N) is 1. The number of benzene rings is 3. The van der Waals surface area contributed by atoms with E-state index in [9.17, 15) is 9.59 Å². The molecule has 0 aliphatic rings. The molecule has 0 unspecified atom stereocenters. The molecule has 9 heteroatoms. The van der Waals surface area contributed by atoms with Gasteiger partial charge >= 0.3 is 0 Å². The molecular formula is C28H30Cl2N2O5. The molecule has 1 N–H and O–H groups in total. The third-order valence-electron chi connectivity index (χ3n) is 5.78. The largest absolute Gasteiger partial charge is 0.493 e. The first kappa shape index (κ1) is 28.2. The van der Waals surface area contributed by atoms with Gasteiger partial charge in [-0.3, -0.25) is 9.59 Å². The van der Waals surface area contributed by atoms with Gasteiger partial charge in [-0.15, -0.1) is 0 Å². The van der Waals surface area contributed by atoms with E-state index in [2.05, 4.69) is 5.32 Å². The van der Waals surface area contributed by atoms with Crippen LogP contribution in [0.2, 0.25) is 10.0 Å². The van der Waals surface area contributed by atoms with Crippen molar-refractivity contribution in [1.29, 1.82) is 0 Å². The summed E-state index contributed by atoms with van der Waals surface area (Å²) in [6.07, 6.45) is 0.583. The third kappa shape index (κ3) is 8.03. The Morgan fingerprint density at radius 2 is 1.57 bits per heavy atom. The van der Waals surface area contributed by atoms with Crippen molar-refractivity contribution >= 4 is 35.0 Å². The number of hydrogen-bond donors (Lipinski definition) is 1. The van der Waals surface area contributed by atoms with Crippen molar-refractivity contribution in [1.82, 2.24) is 10.2 Å². The summed E-state index contributed by atoms with van der Waals surface area (Å²) in [7, 11) is 3.16. The van der Waals surface area contributed by atoms with E-state index in [0.29, 0.717) is 40.3 Å². The zero-order valence-electron chi connectivity index (χ0n) is 21.0. The summed E-state index contributed by atoms with van der Waals surface area (Å²) in [6, 6.07) is 18.9. The van der Waals surface area contributed by atoms with E-state index in [0.717, 1.165) is 11.1 Å². The van der Waals surface area contributed by atoms with E-state index in [1.165, 1.54) is 4.90 Å². The Bertz CT molecular complexity index is 1200. The maximum absolute atomic E-state index is 13.2. The predicted octanol–water partition coefficient (Wildman–Crippen LogP) is 5.17. The lowest BCUT2D eigenvalue weighted by Crippen LogP contribution is -2.49. The molecule has 0 saturated heterocycles. The van der Waals surface area contributed by atoms with E-state index < -0.39 is 6.04 Å². The quantitative estimate of drug-likeness (QED) is 0.340. The second-order valence-electron chi connectivity index (χ2n) is 8.27. The minimum atomic E-state index is -0.747. The molecule has 3 rings (SSSR count). The number of nitrogens with zero attached hydrogens (tertiary/aromatic N) is 1. The van der Waals surface area contributed by atoms with Crippen molar-refractivity contribution in [3.63, 3.8) is 0 Å². The number of carbonyl (C=O) groups is 2. The van der Waals surface area contributed by atoms with Crippen LogP contribution >= 0.6 is 23.2 Å². The standard InChI is InChI=1S/C28H30Cl2N2O5/c1-19(28(34)31-15-14-20-10-13-25(35-2)26(16-20)36-3)32(17-21-8-11-22(29)12-9-21)27(33)18-37-24-7-5-4-6-23(24)30/h4-13,16,19H,14-15,17-18H2,1-3H3,(H,31,34)/t19-/m1/s1. The van der Waals surface area contributed by atoms with E-state index >= 15 is 0 Å². The molecule has 0 fully saturated rings. The molecule has 2 amide bonds. The lowest BCUT2D eigenvalue weighted by atomic mass is 10.1. The molecule has 0 aliphatic heterocycles. The van der Waals surface area contributed by atoms with Gasteiger partial charge in [0.15, 0.2) is 18.1 Å². The zero-order valence-corrected chi connectivity index (χ0v) is 22.5. The van der Waals surface area contributed by atoms with Crippen LogP contribution in [-0.2, 0) is 22.6 Å². The monoisotopic (exact) mass is 544 g/mol. The molecule has 0 heterocycles. The van der Waals surface area contributed by atoms with Crippen LogP contribution in [0.5, 0.6) is 17.2 Å². The molecule has 0 radical (unpaired) electrons. The average molecular weight is 545 g/mol. The summed E-state index contributed by atoms with van der Waals surface area (Å²) in [5.74, 6) is 1.03. The van der Waals surface area contributed by atoms with Crippen molar-refractivity contribution in [2.24, 2.45) is 0 Å². The first-order chi connectivity index (χ1) is 17.8. The Hall–Kier alpha value is -3.42. The SMILES string of the molecule is COc1ccc(CCNC(=O)[C@@H](C)N(Cc2ccc(Cl)cc2)C(=O)COc2ccccc2Cl)cc1OC. The summed E-state index contributed by atoms with van der Waals surface area (Å²) in [5, 5.41) is 3.91. The summed E-state index contributed by atoms with van der Waals surface area (Å²) in [4.78, 5) is 27.7. The number of methoxy groups -OCH3 is 2. The van der Waals surface area contributed by atoms with Crippen LogP contribution in [0.3, 0.4) is 0 Å². The number of hydrogen-bond acceptors (Lipinski definition) is 5. The van der Waals surface area contributed by atoms with Crippen molar-refractivity contribution in [2.45, 2.75) is 25.9 Å². The maximum Gasteiger partial charge on any atom is 0.261 e. The highest BCUT2D eigenvalue weighted by atomic mass is 35.5. The molecule has 37 heavy (non-hydrogen) atoms. The van der Waals surface area contributed by atoms with Gasteiger partial charge in [0.25, 0.3) is 5.91 Å². The highest BCUT2D eigenvalue weighted by molar-refractivity contribution is 6.32. The smallest absolute Gasteiger partial charge is 0.261 e. The molecule has 0 bridgehead atoms. The van der Waals surface area contributed by atoms with Crippen LogP contribution in [0.4, 0.5) is 0 Å². The van der Waals surface area contributed by atoms with Crippen LogP contribution in [0.25, 0.3) is 0 Å². The van der Waals surface area contributed by atoms with Crippen molar-refractivity contribution in [2.75, 3.05) is 27.4 Å². The molecule has 1 atom stereocenters. The van der Waals surface area contributed by atoms with Crippen molar-refractivity contribution in [3.05, 3.63) is 87.9 Å². The van der Waals surface area contributed by atoms with Gasteiger partial charge in [-0.25, -0.2) is 0 Å². The Morgan fingerprint density at radius 3 is 2.24 bits per heavy atom. The van der Waals surface area contributed by atoms with Crippen LogP contribution in [0, 0.1) is 0 Å². The highest BCUT2D eigenvalue weighted by Crippen LogP contribution is 2.27. The van der Waals surface area contributed by atoms with E-state index in [4.69, 9.17) is 37.4 Å². The minimum Gasteiger partial charge on any atom is -0.493 e. The Balaban J connectivity index is 1.66. The van der Waals surface area contributed by atoms with Crippen molar-refractivity contribution in [3.8, 4) is 17.2 Å². The summed E-state index contributed by atoms with van der Waals surface area (Å²) >= 11 is 12.2. The number of amides is 2. The molecule has 196 valence electrons. The zero-order chi connectivity index (χ0) is 26.8. The maximum atomic E-state index is 13.2. The summed E-state index contributed by atoms with van der Waals surface area (Å²) in [5.41, 5.74) is 1.81. The number of carbonyl (C=O) groups excluding carboxylic acids is 2. The predicted molar refractivity (Wildman–Crippen MR) is 145 cm³/mol. The van der Waals surface area contributed by atoms with E-state index in [1.54, 1.807) is 57.5 Å². The Kier molecular flexibility index (Phi) is 10.5. The van der Waals surface area contributed by atoms with Crippen LogP contribution in [0.1, 0.15) is 18.1 Å². The van der Waals surface area contributed by atoms with E-state index in [-0.39, 0.29) is 25.0 Å². The van der Waals surface area contributed by atoms with Gasteiger partial charge in [-0.2, -0.15) is 0 Å². The first-order valence-corrected chi connectivity index (χ1v) is 12.5. The number of para-hydroxylation sites is 1. The van der Waals surface area contributed by atoms with Gasteiger partial charge in [-0.05, 0) is 60.9 Å². The highest BCUT2D eigenvalue weighted by Gasteiger charge is 2.26. The van der Waals surface area contributed by atoms with Gasteiger partial charge in [0, 0.05) is 18.1 Å². The van der Waals surface area contributed by atoms with Gasteiger partial charge in [0.1, 0.15) is 11.8 Å². The number of halogens is 2. The number of ether oxygens (including phenoxy) is 3. The van der Waals surface area contributed by atoms with E-state index in [1.807, 2.05) is 30.3 Å². The molecule has 7 nitrogen and oxygen atoms in total. The molecule has 0 spiro atoms. The average Bonchev–Trinajstić information content (AvgIpc) is 2.91. The van der Waals surface area contributed by atoms with Crippen LogP contribution < -0.4 is 19.5 Å². The second-order valence-corrected chi connectivity index (χ2v) is 9.12. The number of rotatable bonds is 12. The summed E-state index contributed by atoms with van der Waals surface area (Å²) in [6.45, 7) is 2.03. The van der Waals surface area contributed by atoms with Gasteiger partial charge < -0.3 is 24.4 Å². The van der Waals surface area contributed by atoms with Gasteiger partial charge in [0.2, 0.25) is 5.91 Å². The molecule has 3 aromatic rings. The van der Waals surface area contributed by atoms with Gasteiger partial charge in [-0.1, -0.05) is 53.5 Å². The molecule has 0 saturated carbocycles. The minimum absolute atomic E-state index is 0.214. The lowest BCUT2D eigenvalue weighted by molar-refractivity contribution is -0.142. The Morgan fingerprint density at radius 1 is 0.892 bits per heavy atom. The Labute approximate surface area is 227 Å². The first-order valence-electron chi connectivity index (χ1n) is 11.7.